The van der Waals surface area contributed by atoms with Crippen molar-refractivity contribution in [3.05, 3.63) is 0 Å². The van der Waals surface area contributed by atoms with Crippen molar-refractivity contribution < 1.29 is 4.74 Å². The fraction of sp³-hybridized carbons (Fsp3) is 1.00. The third kappa shape index (κ3) is 1.96. The molecule has 0 spiro atoms. The fourth-order valence-corrected chi connectivity index (χ4v) is 1.12. The summed E-state index contributed by atoms with van der Waals surface area (Å²) in [5.74, 6) is 0. The van der Waals surface area contributed by atoms with Crippen LogP contribution in [0.5, 0.6) is 0 Å². The Morgan fingerprint density at radius 1 is 1.40 bits per heavy atom. The van der Waals surface area contributed by atoms with Gasteiger partial charge in [-0.1, -0.05) is 20.8 Å². The molecule has 1 fully saturated rings. The number of morpholine rings is 1. The van der Waals surface area contributed by atoms with Crippen molar-refractivity contribution in [1.29, 1.82) is 0 Å². The molecule has 0 amide bonds. The molecule has 2 nitrogen and oxygen atoms in total. The number of rotatable bonds is 0. The van der Waals surface area contributed by atoms with Crippen molar-refractivity contribution in [1.82, 2.24) is 5.32 Å². The minimum Gasteiger partial charge on any atom is -0.378 e. The lowest BCUT2D eigenvalue weighted by Crippen LogP contribution is -2.48. The van der Waals surface area contributed by atoms with Crippen LogP contribution in [0.2, 0.25) is 0 Å². The second-order valence-electron chi connectivity index (χ2n) is 3.95. The largest absolute Gasteiger partial charge is 0.378 e. The average Bonchev–Trinajstić information content (AvgIpc) is 1.88. The zero-order chi connectivity index (χ0) is 7.61. The van der Waals surface area contributed by atoms with Crippen LogP contribution in [0, 0.1) is 5.41 Å². The van der Waals surface area contributed by atoms with Gasteiger partial charge in [-0.2, -0.15) is 0 Å². The van der Waals surface area contributed by atoms with Crippen LogP contribution in [0.15, 0.2) is 0 Å². The smallest absolute Gasteiger partial charge is 0.0625 e. The topological polar surface area (TPSA) is 21.3 Å². The highest BCUT2D eigenvalue weighted by Crippen LogP contribution is 2.20. The molecule has 0 aromatic rings. The fourth-order valence-electron chi connectivity index (χ4n) is 1.12. The van der Waals surface area contributed by atoms with Crippen LogP contribution in [-0.4, -0.2) is 25.8 Å². The van der Waals surface area contributed by atoms with Gasteiger partial charge in [0, 0.05) is 12.6 Å². The van der Waals surface area contributed by atoms with Gasteiger partial charge in [-0.05, 0) is 5.41 Å². The van der Waals surface area contributed by atoms with Crippen molar-refractivity contribution in [2.45, 2.75) is 26.8 Å². The summed E-state index contributed by atoms with van der Waals surface area (Å²) in [6, 6.07) is 0.529. The van der Waals surface area contributed by atoms with Crippen molar-refractivity contribution in [3.8, 4) is 0 Å². The lowest BCUT2D eigenvalue weighted by molar-refractivity contribution is 0.0392. The molecule has 1 aliphatic rings. The van der Waals surface area contributed by atoms with Crippen LogP contribution >= 0.6 is 0 Å². The highest BCUT2D eigenvalue weighted by molar-refractivity contribution is 4.81. The monoisotopic (exact) mass is 143 g/mol. The van der Waals surface area contributed by atoms with E-state index in [0.717, 1.165) is 19.8 Å². The highest BCUT2D eigenvalue weighted by Gasteiger charge is 2.25. The maximum Gasteiger partial charge on any atom is 0.0625 e. The summed E-state index contributed by atoms with van der Waals surface area (Å²) in [6.07, 6.45) is 0. The molecule has 1 rings (SSSR count). The standard InChI is InChI=1S/C8H17NO/c1-8(2,3)7-6-10-5-4-9-7/h7,9H,4-6H2,1-3H3/t7-/m0/s1. The Morgan fingerprint density at radius 3 is 2.40 bits per heavy atom. The van der Waals surface area contributed by atoms with Gasteiger partial charge in [-0.3, -0.25) is 0 Å². The normalized spacial score (nSPS) is 28.5. The van der Waals surface area contributed by atoms with Gasteiger partial charge in [0.15, 0.2) is 0 Å². The van der Waals surface area contributed by atoms with Gasteiger partial charge in [0.2, 0.25) is 0 Å². The van der Waals surface area contributed by atoms with E-state index in [1.807, 2.05) is 0 Å². The molecule has 60 valence electrons. The molecular weight excluding hydrogens is 126 g/mol. The Hall–Kier alpha value is -0.0800. The third-order valence-electron chi connectivity index (χ3n) is 1.97. The maximum absolute atomic E-state index is 5.35. The molecule has 1 saturated heterocycles. The highest BCUT2D eigenvalue weighted by atomic mass is 16.5. The predicted octanol–water partition coefficient (Wildman–Crippen LogP) is 1.02. The predicted molar refractivity (Wildman–Crippen MR) is 42.1 cm³/mol. The first kappa shape index (κ1) is 8.02. The molecule has 1 aliphatic heterocycles. The van der Waals surface area contributed by atoms with E-state index in [-0.39, 0.29) is 0 Å². The van der Waals surface area contributed by atoms with Gasteiger partial charge in [-0.25, -0.2) is 0 Å². The number of nitrogens with one attached hydrogen (secondary N) is 1. The lowest BCUT2D eigenvalue weighted by atomic mass is 9.87. The van der Waals surface area contributed by atoms with Gasteiger partial charge in [0.25, 0.3) is 0 Å². The molecular formula is C8H17NO. The van der Waals surface area contributed by atoms with Crippen molar-refractivity contribution >= 4 is 0 Å². The van der Waals surface area contributed by atoms with Gasteiger partial charge in [0.1, 0.15) is 0 Å². The van der Waals surface area contributed by atoms with Crippen LogP contribution in [0.1, 0.15) is 20.8 Å². The molecule has 0 unspecified atom stereocenters. The van der Waals surface area contributed by atoms with Crippen LogP contribution in [0.3, 0.4) is 0 Å². The Balaban J connectivity index is 2.39. The van der Waals surface area contributed by atoms with E-state index in [2.05, 4.69) is 26.1 Å². The van der Waals surface area contributed by atoms with Crippen LogP contribution < -0.4 is 5.32 Å². The molecule has 2 heteroatoms. The van der Waals surface area contributed by atoms with Crippen LogP contribution in [0.25, 0.3) is 0 Å². The van der Waals surface area contributed by atoms with E-state index in [1.165, 1.54) is 0 Å². The van der Waals surface area contributed by atoms with Crippen molar-refractivity contribution in [2.75, 3.05) is 19.8 Å². The number of ether oxygens (including phenoxy) is 1. The Bertz CT molecular complexity index is 100. The molecule has 10 heavy (non-hydrogen) atoms. The van der Waals surface area contributed by atoms with Crippen LogP contribution in [0.4, 0.5) is 0 Å². The number of hydrogen-bond donors (Lipinski definition) is 1. The molecule has 0 radical (unpaired) electrons. The average molecular weight is 143 g/mol. The van der Waals surface area contributed by atoms with Gasteiger partial charge in [-0.15, -0.1) is 0 Å². The number of hydrogen-bond acceptors (Lipinski definition) is 2. The summed E-state index contributed by atoms with van der Waals surface area (Å²) in [7, 11) is 0. The first-order valence-corrected chi connectivity index (χ1v) is 3.92. The second kappa shape index (κ2) is 2.89. The lowest BCUT2D eigenvalue weighted by Gasteiger charge is -2.34. The van der Waals surface area contributed by atoms with Gasteiger partial charge in [0.05, 0.1) is 13.2 Å². The van der Waals surface area contributed by atoms with Crippen LogP contribution in [-0.2, 0) is 4.74 Å². The van der Waals surface area contributed by atoms with E-state index in [9.17, 15) is 0 Å². The molecule has 0 bridgehead atoms. The molecule has 0 aromatic heterocycles. The Labute approximate surface area is 63.0 Å². The van der Waals surface area contributed by atoms with E-state index in [1.54, 1.807) is 0 Å². The van der Waals surface area contributed by atoms with Gasteiger partial charge < -0.3 is 10.1 Å². The summed E-state index contributed by atoms with van der Waals surface area (Å²) in [4.78, 5) is 0. The Kier molecular flexibility index (Phi) is 2.32. The SMILES string of the molecule is CC(C)(C)[C@@H]1COCCN1. The zero-order valence-corrected chi connectivity index (χ0v) is 7.11. The molecule has 1 heterocycles. The second-order valence-corrected chi connectivity index (χ2v) is 3.95. The first-order valence-electron chi connectivity index (χ1n) is 3.92. The van der Waals surface area contributed by atoms with Gasteiger partial charge >= 0.3 is 0 Å². The summed E-state index contributed by atoms with van der Waals surface area (Å²) >= 11 is 0. The van der Waals surface area contributed by atoms with Crippen molar-refractivity contribution in [2.24, 2.45) is 5.41 Å². The van der Waals surface area contributed by atoms with E-state index in [4.69, 9.17) is 4.74 Å². The van der Waals surface area contributed by atoms with E-state index < -0.39 is 0 Å². The van der Waals surface area contributed by atoms with E-state index >= 15 is 0 Å². The molecule has 1 atom stereocenters. The van der Waals surface area contributed by atoms with Crippen molar-refractivity contribution in [3.63, 3.8) is 0 Å². The minimum absolute atomic E-state index is 0.334. The summed E-state index contributed by atoms with van der Waals surface area (Å²) in [5, 5.41) is 3.43. The Morgan fingerprint density at radius 2 is 2.10 bits per heavy atom. The maximum atomic E-state index is 5.35. The quantitative estimate of drug-likeness (QED) is 0.546. The molecule has 0 aromatic carbocycles. The molecule has 0 saturated carbocycles. The minimum atomic E-state index is 0.334. The summed E-state index contributed by atoms with van der Waals surface area (Å²) < 4.78 is 5.35. The first-order chi connectivity index (χ1) is 4.61. The molecule has 0 aliphatic carbocycles. The summed E-state index contributed by atoms with van der Waals surface area (Å²) in [6.45, 7) is 9.44. The summed E-state index contributed by atoms with van der Waals surface area (Å²) in [5.41, 5.74) is 0.334. The third-order valence-corrected chi connectivity index (χ3v) is 1.97. The van der Waals surface area contributed by atoms with E-state index in [0.29, 0.717) is 11.5 Å². The zero-order valence-electron chi connectivity index (χ0n) is 7.11. The molecule has 1 N–H and O–H groups in total.